The summed E-state index contributed by atoms with van der Waals surface area (Å²) in [5.41, 5.74) is 1.33. The summed E-state index contributed by atoms with van der Waals surface area (Å²) in [6, 6.07) is 3.18. The van der Waals surface area contributed by atoms with E-state index >= 15 is 0 Å². The Hall–Kier alpha value is -2.04. The first-order valence-corrected chi connectivity index (χ1v) is 9.21. The van der Waals surface area contributed by atoms with Gasteiger partial charge in [0.25, 0.3) is 0 Å². The van der Waals surface area contributed by atoms with Crippen LogP contribution in [0.5, 0.6) is 0 Å². The Bertz CT molecular complexity index is 910. The standard InChI is InChI=1S/C20H25BFN3O/c1-4-14(2)12-25-13-15(11-21)20(26)16-9-17(22)19(10-18(16)25)24-7-5-23(3)6-8-24/h9-10,13-14H,4-8,12H2,1-3H3. The van der Waals surface area contributed by atoms with Crippen molar-refractivity contribution < 1.29 is 4.39 Å². The number of likely N-dealkylation sites (N-methyl/N-ethyl adjacent to an activating group) is 1. The van der Waals surface area contributed by atoms with Crippen LogP contribution < -0.4 is 10.3 Å². The fourth-order valence-corrected chi connectivity index (χ4v) is 3.41. The van der Waals surface area contributed by atoms with Gasteiger partial charge < -0.3 is 0 Å². The van der Waals surface area contributed by atoms with Crippen LogP contribution in [0.4, 0.5) is 10.1 Å². The third kappa shape index (κ3) is 3.58. The van der Waals surface area contributed by atoms with E-state index in [0.717, 1.165) is 44.7 Å². The normalized spacial score (nSPS) is 16.8. The first-order chi connectivity index (χ1) is 12.4. The Kier molecular flexibility index (Phi) is 5.54. The van der Waals surface area contributed by atoms with E-state index in [1.54, 1.807) is 6.20 Å². The van der Waals surface area contributed by atoms with Crippen molar-refractivity contribution in [1.82, 2.24) is 9.47 Å². The molecule has 2 aromatic rings. The minimum absolute atomic E-state index is 0.272. The molecule has 2 heterocycles. The Labute approximate surface area is 155 Å². The number of nitrogens with zero attached hydrogens (tertiary/aromatic N) is 3. The average Bonchev–Trinajstić information content (AvgIpc) is 2.64. The predicted molar refractivity (Wildman–Crippen MR) is 106 cm³/mol. The summed E-state index contributed by atoms with van der Waals surface area (Å²) in [5.74, 6) is 2.53. The van der Waals surface area contributed by atoms with E-state index in [4.69, 9.17) is 7.33 Å². The maximum absolute atomic E-state index is 14.8. The number of rotatable bonds is 4. The molecule has 0 aliphatic carbocycles. The van der Waals surface area contributed by atoms with E-state index in [1.165, 1.54) is 6.07 Å². The summed E-state index contributed by atoms with van der Waals surface area (Å²) in [5, 5.41) is 0.360. The molecule has 0 spiro atoms. The van der Waals surface area contributed by atoms with Gasteiger partial charge in [0.1, 0.15) is 0 Å². The number of anilines is 1. The van der Waals surface area contributed by atoms with Crippen LogP contribution in [0.2, 0.25) is 0 Å². The van der Waals surface area contributed by atoms with Crippen molar-refractivity contribution in [3.63, 3.8) is 0 Å². The van der Waals surface area contributed by atoms with Crippen LogP contribution in [0.25, 0.3) is 10.9 Å². The van der Waals surface area contributed by atoms with Gasteiger partial charge in [-0.1, -0.05) is 0 Å². The molecule has 0 saturated carbocycles. The number of hydrogen-bond acceptors (Lipinski definition) is 3. The number of benzene rings is 1. The summed E-state index contributed by atoms with van der Waals surface area (Å²) in [6.45, 7) is 8.38. The molecule has 1 aliphatic rings. The molecule has 1 atom stereocenters. The summed E-state index contributed by atoms with van der Waals surface area (Å²) in [4.78, 5) is 16.9. The zero-order chi connectivity index (χ0) is 18.8. The number of hydrogen-bond donors (Lipinski definition) is 0. The summed E-state index contributed by atoms with van der Waals surface area (Å²) >= 11 is 0. The summed E-state index contributed by atoms with van der Waals surface area (Å²) < 4.78 is 16.8. The van der Waals surface area contributed by atoms with Crippen LogP contribution >= 0.6 is 0 Å². The maximum atomic E-state index is 14.8. The van der Waals surface area contributed by atoms with Crippen molar-refractivity contribution in [2.75, 3.05) is 38.1 Å². The minimum atomic E-state index is -0.358. The molecule has 0 amide bonds. The Morgan fingerprint density at radius 1 is 1.27 bits per heavy atom. The Morgan fingerprint density at radius 2 is 1.96 bits per heavy atom. The SMILES string of the molecule is B#Cc1cn(CC(C)CC)c2cc(N3CCN(C)CC3)c(F)cc2c1=O. The van der Waals surface area contributed by atoms with Crippen molar-refractivity contribution in [1.29, 1.82) is 0 Å². The Balaban J connectivity index is 2.16. The van der Waals surface area contributed by atoms with Gasteiger partial charge in [-0.25, -0.2) is 0 Å². The fourth-order valence-electron chi connectivity index (χ4n) is 3.41. The molecule has 1 saturated heterocycles. The van der Waals surface area contributed by atoms with E-state index in [9.17, 15) is 9.18 Å². The number of aromatic nitrogens is 1. The molecule has 6 heteroatoms. The van der Waals surface area contributed by atoms with Crippen LogP contribution in [-0.2, 0) is 6.54 Å². The number of halogens is 1. The molecule has 0 radical (unpaired) electrons. The van der Waals surface area contributed by atoms with Crippen LogP contribution in [0, 0.1) is 17.5 Å². The number of fused-ring (bicyclic) bond motifs is 1. The van der Waals surface area contributed by atoms with Crippen LogP contribution in [-0.4, -0.2) is 50.0 Å². The van der Waals surface area contributed by atoms with E-state index in [0.29, 0.717) is 17.0 Å². The first kappa shape index (κ1) is 18.7. The number of pyridine rings is 1. The van der Waals surface area contributed by atoms with Crippen LogP contribution in [0.15, 0.2) is 23.1 Å². The predicted octanol–water partition coefficient (Wildman–Crippen LogP) is 2.41. The molecule has 0 N–H and O–H groups in total. The monoisotopic (exact) mass is 353 g/mol. The molecule has 3 rings (SSSR count). The molecular formula is C20H25BFN3O. The van der Waals surface area contributed by atoms with Gasteiger partial charge >= 0.3 is 154 Å². The zero-order valence-corrected chi connectivity index (χ0v) is 15.8. The van der Waals surface area contributed by atoms with Gasteiger partial charge in [0, 0.05) is 0 Å². The van der Waals surface area contributed by atoms with Gasteiger partial charge in [0.05, 0.1) is 0 Å². The van der Waals surface area contributed by atoms with Crippen molar-refractivity contribution in [3.8, 4) is 5.80 Å². The van der Waals surface area contributed by atoms with Gasteiger partial charge in [-0.05, 0) is 0 Å². The van der Waals surface area contributed by atoms with E-state index in [-0.39, 0.29) is 16.8 Å². The van der Waals surface area contributed by atoms with Crippen molar-refractivity contribution in [2.24, 2.45) is 5.92 Å². The number of piperazine rings is 1. The molecule has 4 nitrogen and oxygen atoms in total. The molecule has 136 valence electrons. The van der Waals surface area contributed by atoms with E-state index < -0.39 is 0 Å². The van der Waals surface area contributed by atoms with Gasteiger partial charge in [0.15, 0.2) is 0 Å². The van der Waals surface area contributed by atoms with Crippen LogP contribution in [0.1, 0.15) is 25.8 Å². The fraction of sp³-hybridized carbons (Fsp3) is 0.500. The molecule has 0 bridgehead atoms. The second-order valence-electron chi connectivity index (χ2n) is 7.29. The molecule has 1 fully saturated rings. The molecule has 1 aromatic heterocycles. The van der Waals surface area contributed by atoms with Crippen LogP contribution in [0.3, 0.4) is 0 Å². The molecular weight excluding hydrogens is 328 g/mol. The van der Waals surface area contributed by atoms with E-state index in [1.807, 2.05) is 10.6 Å². The second kappa shape index (κ2) is 7.69. The zero-order valence-electron chi connectivity index (χ0n) is 15.8. The van der Waals surface area contributed by atoms with Gasteiger partial charge in [0.2, 0.25) is 0 Å². The van der Waals surface area contributed by atoms with Gasteiger partial charge in [-0.2, -0.15) is 0 Å². The summed E-state index contributed by atoms with van der Waals surface area (Å²) in [6.07, 6.45) is 2.76. The third-order valence-electron chi connectivity index (χ3n) is 5.35. The topological polar surface area (TPSA) is 28.5 Å². The average molecular weight is 353 g/mol. The van der Waals surface area contributed by atoms with Crippen molar-refractivity contribution in [3.05, 3.63) is 39.9 Å². The molecule has 1 unspecified atom stereocenters. The third-order valence-corrected chi connectivity index (χ3v) is 5.35. The van der Waals surface area contributed by atoms with Crippen molar-refractivity contribution >= 4 is 23.9 Å². The molecule has 1 aliphatic heterocycles. The summed E-state index contributed by atoms with van der Waals surface area (Å²) in [7, 11) is 7.57. The molecule has 26 heavy (non-hydrogen) atoms. The van der Waals surface area contributed by atoms with Gasteiger partial charge in [-0.3, -0.25) is 0 Å². The molecule has 1 aromatic carbocycles. The second-order valence-corrected chi connectivity index (χ2v) is 7.29. The Morgan fingerprint density at radius 3 is 2.58 bits per heavy atom. The van der Waals surface area contributed by atoms with Gasteiger partial charge in [-0.15, -0.1) is 0 Å². The first-order valence-electron chi connectivity index (χ1n) is 9.21. The quantitative estimate of drug-likeness (QED) is 0.791. The van der Waals surface area contributed by atoms with Crippen molar-refractivity contribution in [2.45, 2.75) is 26.8 Å². The van der Waals surface area contributed by atoms with E-state index in [2.05, 4.69) is 36.5 Å².